The third kappa shape index (κ3) is 10.6. The molecule has 0 atom stereocenters. The standard InChI is InChI=1S/C94H82BN3O/c1-91(2,3)69-37-41-81-76(55-69)77-56-70(92(4,5)6)38-42-82(77)98(81)87-54-67(51-78-75-35-25-26-36-88(75)99-90(78)87)68-52-85-89-86(53-68)97(74-49-65(61-31-21-15-22-32-61)46-66(50-74)62-33-23-16-24-34-62)84-44-40-72(94(10,11)12)58-80(84)95(89)79-57-71(93(7,8)9)39-43-83(79)96(85)73-47-63(59-27-17-13-18-28-59)45-64(48-73)60-29-19-14-20-30-60/h13-58H,1-12H3. The first kappa shape index (κ1) is 61.7. The SMILES string of the molecule is CC(C)(C)c1ccc2c(c1)B1c3cc(C(C)(C)C)ccc3N(c3cc(-c4ccccc4)cc(-c4ccccc4)c3)c3cc(-c4cc(-n5c6ccc(C(C)(C)C)cc6c6cc(C(C)(C)C)ccc65)c5oc6ccccc6c5c4)cc(c31)N2c1cc(-c2ccccc2)cc(-c2ccccc2)c1. The highest BCUT2D eigenvalue weighted by Crippen LogP contribution is 2.51. The van der Waals surface area contributed by atoms with Gasteiger partial charge in [0, 0.05) is 55.7 Å². The number of fused-ring (bicyclic) bond motifs is 10. The Balaban J connectivity index is 1.03. The Kier molecular flexibility index (Phi) is 14.2. The summed E-state index contributed by atoms with van der Waals surface area (Å²) in [4.78, 5) is 5.26. The minimum absolute atomic E-state index is 0.0631. The van der Waals surface area contributed by atoms with Crippen molar-refractivity contribution in [2.24, 2.45) is 0 Å². The highest BCUT2D eigenvalue weighted by atomic mass is 16.3. The van der Waals surface area contributed by atoms with E-state index in [0.29, 0.717) is 0 Å². The van der Waals surface area contributed by atoms with Crippen LogP contribution in [-0.4, -0.2) is 11.3 Å². The zero-order valence-electron chi connectivity index (χ0n) is 58.9. The van der Waals surface area contributed by atoms with Crippen molar-refractivity contribution in [3.63, 3.8) is 0 Å². The summed E-state index contributed by atoms with van der Waals surface area (Å²) in [7, 11) is 0. The average Bonchev–Trinajstić information content (AvgIpc) is 1.23. The van der Waals surface area contributed by atoms with Crippen LogP contribution < -0.4 is 26.2 Å². The zero-order valence-corrected chi connectivity index (χ0v) is 58.9. The Morgan fingerprint density at radius 2 is 0.606 bits per heavy atom. The third-order valence-corrected chi connectivity index (χ3v) is 21.1. The van der Waals surface area contributed by atoms with Gasteiger partial charge in [0.2, 0.25) is 0 Å². The second-order valence-electron chi connectivity index (χ2n) is 31.8. The normalized spacial score (nSPS) is 13.2. The number of hydrogen-bond donors (Lipinski definition) is 0. The molecule has 0 N–H and O–H groups in total. The quantitative estimate of drug-likeness (QED) is 0.142. The van der Waals surface area contributed by atoms with Gasteiger partial charge in [0.1, 0.15) is 5.58 Å². The lowest BCUT2D eigenvalue weighted by Gasteiger charge is -2.45. The predicted molar refractivity (Wildman–Crippen MR) is 424 cm³/mol. The second kappa shape index (κ2) is 22.9. The van der Waals surface area contributed by atoms with Crippen LogP contribution in [0.4, 0.5) is 34.1 Å². The summed E-state index contributed by atoms with van der Waals surface area (Å²) >= 11 is 0. The van der Waals surface area contributed by atoms with E-state index in [1.54, 1.807) is 0 Å². The molecule has 0 saturated heterocycles. The van der Waals surface area contributed by atoms with Crippen molar-refractivity contribution in [3.05, 3.63) is 301 Å². The van der Waals surface area contributed by atoms with Crippen molar-refractivity contribution < 1.29 is 4.42 Å². The average molecular weight is 1280 g/mol. The van der Waals surface area contributed by atoms with Gasteiger partial charge in [-0.15, -0.1) is 0 Å². The van der Waals surface area contributed by atoms with Crippen molar-refractivity contribution in [1.29, 1.82) is 0 Å². The molecule has 2 aliphatic heterocycles. The second-order valence-corrected chi connectivity index (χ2v) is 31.8. The van der Waals surface area contributed by atoms with E-state index in [1.807, 2.05) is 0 Å². The van der Waals surface area contributed by atoms with Crippen molar-refractivity contribution in [3.8, 4) is 61.3 Å². The summed E-state index contributed by atoms with van der Waals surface area (Å²) in [5, 5.41) is 4.61. The molecule has 0 aliphatic carbocycles. The van der Waals surface area contributed by atoms with Gasteiger partial charge in [0.25, 0.3) is 6.71 Å². The van der Waals surface area contributed by atoms with Crippen LogP contribution in [0.2, 0.25) is 0 Å². The summed E-state index contributed by atoms with van der Waals surface area (Å²) in [6.07, 6.45) is 0. The highest BCUT2D eigenvalue weighted by Gasteiger charge is 2.45. The van der Waals surface area contributed by atoms with Gasteiger partial charge in [0.05, 0.1) is 16.7 Å². The van der Waals surface area contributed by atoms with E-state index in [2.05, 4.69) is 377 Å². The minimum atomic E-state index is -0.160. The maximum absolute atomic E-state index is 7.26. The van der Waals surface area contributed by atoms with E-state index in [1.165, 1.54) is 49.4 Å². The minimum Gasteiger partial charge on any atom is -0.454 e. The van der Waals surface area contributed by atoms with Crippen LogP contribution in [0, 0.1) is 0 Å². The van der Waals surface area contributed by atoms with Gasteiger partial charge in [0.15, 0.2) is 5.58 Å². The van der Waals surface area contributed by atoms with Crippen LogP contribution in [0.1, 0.15) is 105 Å². The molecule has 0 unspecified atom stereocenters. The molecule has 2 aliphatic rings. The van der Waals surface area contributed by atoms with Gasteiger partial charge < -0.3 is 18.8 Å². The number of para-hydroxylation sites is 1. The van der Waals surface area contributed by atoms with Crippen molar-refractivity contribution >= 4 is 101 Å². The fourth-order valence-electron chi connectivity index (χ4n) is 15.7. The molecule has 15 aromatic rings. The third-order valence-electron chi connectivity index (χ3n) is 21.1. The first-order chi connectivity index (χ1) is 47.6. The molecule has 2 aromatic heterocycles. The Hall–Kier alpha value is -10.9. The molecule has 482 valence electrons. The van der Waals surface area contributed by atoms with Crippen LogP contribution in [0.25, 0.3) is 105 Å². The largest absolute Gasteiger partial charge is 0.454 e. The van der Waals surface area contributed by atoms with Gasteiger partial charge in [-0.05, 0) is 219 Å². The van der Waals surface area contributed by atoms with Crippen LogP contribution in [0.5, 0.6) is 0 Å². The number of nitrogens with zero attached hydrogens (tertiary/aromatic N) is 3. The molecule has 4 nitrogen and oxygen atoms in total. The van der Waals surface area contributed by atoms with Crippen molar-refractivity contribution in [2.75, 3.05) is 9.80 Å². The zero-order chi connectivity index (χ0) is 68.0. The lowest BCUT2D eigenvalue weighted by atomic mass is 9.33. The molecule has 0 spiro atoms. The van der Waals surface area contributed by atoms with Gasteiger partial charge >= 0.3 is 0 Å². The monoisotopic (exact) mass is 1280 g/mol. The van der Waals surface area contributed by atoms with Gasteiger partial charge in [-0.3, -0.25) is 0 Å². The summed E-state index contributed by atoms with van der Waals surface area (Å²) in [6, 6.07) is 106. The summed E-state index contributed by atoms with van der Waals surface area (Å²) in [5.41, 5.74) is 31.8. The highest BCUT2D eigenvalue weighted by molar-refractivity contribution is 7.00. The topological polar surface area (TPSA) is 24.6 Å². The lowest BCUT2D eigenvalue weighted by molar-refractivity contribution is 0.590. The van der Waals surface area contributed by atoms with Gasteiger partial charge in [-0.25, -0.2) is 0 Å². The van der Waals surface area contributed by atoms with Gasteiger partial charge in [-0.1, -0.05) is 259 Å². The van der Waals surface area contributed by atoms with E-state index >= 15 is 0 Å². The molecular formula is C94H82BN3O. The van der Waals surface area contributed by atoms with Crippen LogP contribution >= 0.6 is 0 Å². The molecule has 0 amide bonds. The summed E-state index contributed by atoms with van der Waals surface area (Å²) in [6.45, 7) is 27.9. The van der Waals surface area contributed by atoms with Crippen molar-refractivity contribution in [1.82, 2.24) is 4.57 Å². The number of benzene rings is 13. The molecule has 99 heavy (non-hydrogen) atoms. The van der Waals surface area contributed by atoms with E-state index in [9.17, 15) is 0 Å². The number of anilines is 6. The molecule has 13 aromatic carbocycles. The Morgan fingerprint density at radius 3 is 1.01 bits per heavy atom. The Bertz CT molecular complexity index is 5310. The molecule has 5 heteroatoms. The fourth-order valence-corrected chi connectivity index (χ4v) is 15.7. The van der Waals surface area contributed by atoms with Crippen LogP contribution in [0.15, 0.2) is 283 Å². The van der Waals surface area contributed by atoms with Crippen molar-refractivity contribution in [2.45, 2.75) is 105 Å². The molecule has 17 rings (SSSR count). The number of rotatable bonds is 8. The molecule has 0 bridgehead atoms. The van der Waals surface area contributed by atoms with E-state index in [4.69, 9.17) is 4.42 Å². The van der Waals surface area contributed by atoms with Crippen LogP contribution in [0.3, 0.4) is 0 Å². The van der Waals surface area contributed by atoms with E-state index in [0.717, 1.165) is 128 Å². The predicted octanol–water partition coefficient (Wildman–Crippen LogP) is 24.3. The molecule has 0 radical (unpaired) electrons. The summed E-state index contributed by atoms with van der Waals surface area (Å²) < 4.78 is 9.76. The first-order valence-corrected chi connectivity index (χ1v) is 35.2. The Morgan fingerprint density at radius 1 is 0.263 bits per heavy atom. The number of aromatic nitrogens is 1. The molecular weight excluding hydrogens is 1200 g/mol. The Labute approximate surface area is 583 Å². The van der Waals surface area contributed by atoms with E-state index in [-0.39, 0.29) is 28.4 Å². The van der Waals surface area contributed by atoms with Crippen LogP contribution in [-0.2, 0) is 21.7 Å². The lowest BCUT2D eigenvalue weighted by Crippen LogP contribution is -2.61. The van der Waals surface area contributed by atoms with E-state index < -0.39 is 0 Å². The molecule has 4 heterocycles. The smallest absolute Gasteiger partial charge is 0.252 e. The molecule has 0 saturated carbocycles. The number of hydrogen-bond acceptors (Lipinski definition) is 3. The number of furan rings is 1. The maximum Gasteiger partial charge on any atom is 0.252 e. The molecule has 0 fully saturated rings. The fraction of sp³-hybridized carbons (Fsp3) is 0.170. The van der Waals surface area contributed by atoms with Gasteiger partial charge in [-0.2, -0.15) is 0 Å². The maximum atomic E-state index is 7.26. The first-order valence-electron chi connectivity index (χ1n) is 35.2. The summed E-state index contributed by atoms with van der Waals surface area (Å²) in [5.74, 6) is 0.